The van der Waals surface area contributed by atoms with E-state index < -0.39 is 12.1 Å². The SMILES string of the molecule is O=C(Nc1ccc(Cl)cc1C(=O)O)OC1CC1. The van der Waals surface area contributed by atoms with Crippen LogP contribution in [0.1, 0.15) is 23.2 Å². The highest BCUT2D eigenvalue weighted by Crippen LogP contribution is 2.25. The summed E-state index contributed by atoms with van der Waals surface area (Å²) in [5.74, 6) is -1.16. The quantitative estimate of drug-likeness (QED) is 0.871. The molecule has 1 amide bonds. The van der Waals surface area contributed by atoms with Crippen molar-refractivity contribution in [2.45, 2.75) is 18.9 Å². The third-order valence-corrected chi connectivity index (χ3v) is 2.48. The van der Waals surface area contributed by atoms with E-state index in [2.05, 4.69) is 5.32 Å². The highest BCUT2D eigenvalue weighted by molar-refractivity contribution is 6.31. The monoisotopic (exact) mass is 255 g/mol. The molecule has 6 heteroatoms. The second kappa shape index (κ2) is 4.63. The Morgan fingerprint density at radius 2 is 2.12 bits per heavy atom. The summed E-state index contributed by atoms with van der Waals surface area (Å²) in [7, 11) is 0. The van der Waals surface area contributed by atoms with Crippen molar-refractivity contribution >= 4 is 29.4 Å². The van der Waals surface area contributed by atoms with Crippen LogP contribution in [0, 0.1) is 0 Å². The lowest BCUT2D eigenvalue weighted by Crippen LogP contribution is -2.17. The van der Waals surface area contributed by atoms with E-state index in [1.807, 2.05) is 0 Å². The lowest BCUT2D eigenvalue weighted by molar-refractivity contribution is 0.0698. The molecule has 2 N–H and O–H groups in total. The minimum Gasteiger partial charge on any atom is -0.478 e. The highest BCUT2D eigenvalue weighted by atomic mass is 35.5. The van der Waals surface area contributed by atoms with Crippen LogP contribution >= 0.6 is 11.6 Å². The lowest BCUT2D eigenvalue weighted by Gasteiger charge is -2.08. The van der Waals surface area contributed by atoms with E-state index in [1.165, 1.54) is 18.2 Å². The Labute approximate surface area is 102 Å². The first-order chi connectivity index (χ1) is 8.06. The molecular formula is C11H10ClNO4. The van der Waals surface area contributed by atoms with Crippen LogP contribution in [0.2, 0.25) is 5.02 Å². The molecule has 0 atom stereocenters. The predicted octanol–water partition coefficient (Wildman–Crippen LogP) is 2.75. The van der Waals surface area contributed by atoms with Crippen LogP contribution < -0.4 is 5.32 Å². The molecular weight excluding hydrogens is 246 g/mol. The average Bonchev–Trinajstić information content (AvgIpc) is 3.04. The largest absolute Gasteiger partial charge is 0.478 e. The van der Waals surface area contributed by atoms with Gasteiger partial charge in [0.15, 0.2) is 0 Å². The van der Waals surface area contributed by atoms with E-state index in [4.69, 9.17) is 21.4 Å². The maximum absolute atomic E-state index is 11.4. The second-order valence-corrected chi connectivity index (χ2v) is 4.16. The van der Waals surface area contributed by atoms with Crippen LogP contribution in [0.25, 0.3) is 0 Å². The minimum absolute atomic E-state index is 0.0319. The Morgan fingerprint density at radius 1 is 1.41 bits per heavy atom. The van der Waals surface area contributed by atoms with Crippen LogP contribution in [-0.2, 0) is 4.74 Å². The number of nitrogens with one attached hydrogen (secondary N) is 1. The van der Waals surface area contributed by atoms with Crippen LogP contribution in [0.4, 0.5) is 10.5 Å². The fraction of sp³-hybridized carbons (Fsp3) is 0.273. The second-order valence-electron chi connectivity index (χ2n) is 3.72. The van der Waals surface area contributed by atoms with Crippen molar-refractivity contribution in [2.24, 2.45) is 0 Å². The van der Waals surface area contributed by atoms with Gasteiger partial charge in [-0.3, -0.25) is 5.32 Å². The molecule has 0 bridgehead atoms. The number of rotatable bonds is 3. The number of aromatic carboxylic acids is 1. The zero-order chi connectivity index (χ0) is 12.4. The van der Waals surface area contributed by atoms with Gasteiger partial charge in [0.1, 0.15) is 6.10 Å². The summed E-state index contributed by atoms with van der Waals surface area (Å²) in [6.45, 7) is 0. The van der Waals surface area contributed by atoms with Gasteiger partial charge in [-0.05, 0) is 31.0 Å². The van der Waals surface area contributed by atoms with Crippen molar-refractivity contribution in [1.29, 1.82) is 0 Å². The number of carbonyl (C=O) groups excluding carboxylic acids is 1. The van der Waals surface area contributed by atoms with Gasteiger partial charge >= 0.3 is 12.1 Å². The predicted molar refractivity (Wildman–Crippen MR) is 61.5 cm³/mol. The Morgan fingerprint density at radius 3 is 2.71 bits per heavy atom. The molecule has 5 nitrogen and oxygen atoms in total. The van der Waals surface area contributed by atoms with Gasteiger partial charge in [-0.2, -0.15) is 0 Å². The van der Waals surface area contributed by atoms with Gasteiger partial charge in [0.2, 0.25) is 0 Å². The van der Waals surface area contributed by atoms with Crippen LogP contribution in [-0.4, -0.2) is 23.3 Å². The van der Waals surface area contributed by atoms with Gasteiger partial charge in [-0.25, -0.2) is 9.59 Å². The molecule has 0 saturated heterocycles. The summed E-state index contributed by atoms with van der Waals surface area (Å²) >= 11 is 5.68. The normalized spacial score (nSPS) is 14.2. The molecule has 1 aromatic carbocycles. The number of benzene rings is 1. The molecule has 1 fully saturated rings. The number of hydrogen-bond donors (Lipinski definition) is 2. The Balaban J connectivity index is 2.13. The first-order valence-corrected chi connectivity index (χ1v) is 5.44. The number of anilines is 1. The smallest absolute Gasteiger partial charge is 0.411 e. The molecule has 0 aliphatic heterocycles. The van der Waals surface area contributed by atoms with E-state index in [0.717, 1.165) is 12.8 Å². The summed E-state index contributed by atoms with van der Waals surface area (Å²) in [6, 6.07) is 4.21. The van der Waals surface area contributed by atoms with E-state index in [1.54, 1.807) is 0 Å². The molecule has 2 rings (SSSR count). The van der Waals surface area contributed by atoms with Gasteiger partial charge in [0, 0.05) is 5.02 Å². The van der Waals surface area contributed by atoms with E-state index >= 15 is 0 Å². The molecule has 1 aliphatic carbocycles. The number of carbonyl (C=O) groups is 2. The number of carboxylic acid groups (broad SMARTS) is 1. The van der Waals surface area contributed by atoms with E-state index in [0.29, 0.717) is 5.02 Å². The fourth-order valence-electron chi connectivity index (χ4n) is 1.28. The van der Waals surface area contributed by atoms with Crippen LogP contribution in [0.5, 0.6) is 0 Å². The van der Waals surface area contributed by atoms with Crippen LogP contribution in [0.15, 0.2) is 18.2 Å². The summed E-state index contributed by atoms with van der Waals surface area (Å²) in [4.78, 5) is 22.3. The zero-order valence-corrected chi connectivity index (χ0v) is 9.53. The Bertz CT molecular complexity index is 471. The maximum atomic E-state index is 11.4. The fourth-order valence-corrected chi connectivity index (χ4v) is 1.45. The average molecular weight is 256 g/mol. The summed E-state index contributed by atoms with van der Waals surface area (Å²) < 4.78 is 4.95. The molecule has 0 spiro atoms. The molecule has 0 aromatic heterocycles. The molecule has 1 aromatic rings. The number of hydrogen-bond acceptors (Lipinski definition) is 3. The van der Waals surface area contributed by atoms with Gasteiger partial charge < -0.3 is 9.84 Å². The number of carboxylic acids is 1. The Hall–Kier alpha value is -1.75. The molecule has 0 heterocycles. The van der Waals surface area contributed by atoms with Gasteiger partial charge in [0.05, 0.1) is 11.3 Å². The van der Waals surface area contributed by atoms with E-state index in [9.17, 15) is 9.59 Å². The topological polar surface area (TPSA) is 75.6 Å². The van der Waals surface area contributed by atoms with Gasteiger partial charge in [-0.1, -0.05) is 11.6 Å². The molecule has 1 saturated carbocycles. The minimum atomic E-state index is -1.16. The van der Waals surface area contributed by atoms with Crippen molar-refractivity contribution in [3.8, 4) is 0 Å². The number of amides is 1. The van der Waals surface area contributed by atoms with E-state index in [-0.39, 0.29) is 17.4 Å². The van der Waals surface area contributed by atoms with Gasteiger partial charge in [0.25, 0.3) is 0 Å². The Kier molecular flexibility index (Phi) is 3.19. The molecule has 17 heavy (non-hydrogen) atoms. The summed E-state index contributed by atoms with van der Waals surface area (Å²) in [5, 5.41) is 11.6. The lowest BCUT2D eigenvalue weighted by atomic mass is 10.2. The number of halogens is 1. The van der Waals surface area contributed by atoms with Crippen LogP contribution in [0.3, 0.4) is 0 Å². The summed E-state index contributed by atoms with van der Waals surface area (Å²) in [5.41, 5.74) is 0.109. The zero-order valence-electron chi connectivity index (χ0n) is 8.77. The van der Waals surface area contributed by atoms with Crippen molar-refractivity contribution in [1.82, 2.24) is 0 Å². The third-order valence-electron chi connectivity index (χ3n) is 2.25. The van der Waals surface area contributed by atoms with Crippen molar-refractivity contribution < 1.29 is 19.4 Å². The third kappa shape index (κ3) is 3.10. The number of ether oxygens (including phenoxy) is 1. The van der Waals surface area contributed by atoms with Crippen molar-refractivity contribution in [2.75, 3.05) is 5.32 Å². The van der Waals surface area contributed by atoms with Crippen molar-refractivity contribution in [3.63, 3.8) is 0 Å². The first kappa shape index (κ1) is 11.7. The molecule has 1 aliphatic rings. The molecule has 0 radical (unpaired) electrons. The maximum Gasteiger partial charge on any atom is 0.411 e. The first-order valence-electron chi connectivity index (χ1n) is 5.07. The summed E-state index contributed by atoms with van der Waals surface area (Å²) in [6.07, 6.45) is 1.05. The van der Waals surface area contributed by atoms with Gasteiger partial charge in [-0.15, -0.1) is 0 Å². The molecule has 0 unspecified atom stereocenters. The molecule has 90 valence electrons. The van der Waals surface area contributed by atoms with Crippen molar-refractivity contribution in [3.05, 3.63) is 28.8 Å². The highest BCUT2D eigenvalue weighted by Gasteiger charge is 2.26. The standard InChI is InChI=1S/C11H10ClNO4/c12-6-1-4-9(8(5-6)10(14)15)13-11(16)17-7-2-3-7/h1,4-5,7H,2-3H2,(H,13,16)(H,14,15).